The van der Waals surface area contributed by atoms with Crippen molar-refractivity contribution in [2.24, 2.45) is 0 Å². The molecule has 0 unspecified atom stereocenters. The fourth-order valence-electron chi connectivity index (χ4n) is 3.17. The fraction of sp³-hybridized carbons (Fsp3) is 0.238. The number of benzene rings is 2. The van der Waals surface area contributed by atoms with Gasteiger partial charge in [-0.05, 0) is 24.0 Å². The molecule has 0 aromatic heterocycles. The molecule has 1 N–H and O–H groups in total. The Hall–Kier alpha value is -1.58. The van der Waals surface area contributed by atoms with Crippen LogP contribution in [0.3, 0.4) is 0 Å². The Labute approximate surface area is 159 Å². The summed E-state index contributed by atoms with van der Waals surface area (Å²) in [7, 11) is -2.78. The van der Waals surface area contributed by atoms with Crippen molar-refractivity contribution in [2.75, 3.05) is 13.2 Å². The highest BCUT2D eigenvalue weighted by atomic mass is 32.2. The van der Waals surface area contributed by atoms with Gasteiger partial charge in [0.2, 0.25) is 0 Å². The summed E-state index contributed by atoms with van der Waals surface area (Å²) in [4.78, 5) is 2.07. The minimum Gasteiger partial charge on any atom is -0.377 e. The third-order valence-electron chi connectivity index (χ3n) is 4.54. The molecule has 1 fully saturated rings. The van der Waals surface area contributed by atoms with Gasteiger partial charge in [0.15, 0.2) is 7.29 Å². The van der Waals surface area contributed by atoms with Gasteiger partial charge in [0.25, 0.3) is 0 Å². The summed E-state index contributed by atoms with van der Waals surface area (Å²) in [5.41, 5.74) is 2.19. The first-order valence-corrected chi connectivity index (χ1v) is 11.6. The van der Waals surface area contributed by atoms with Crippen LogP contribution in [0.15, 0.2) is 72.3 Å². The van der Waals surface area contributed by atoms with E-state index < -0.39 is 7.29 Å². The van der Waals surface area contributed by atoms with E-state index in [4.69, 9.17) is 4.74 Å². The molecule has 0 bridgehead atoms. The third kappa shape index (κ3) is 4.21. The Kier molecular flexibility index (Phi) is 5.46. The molecule has 2 heterocycles. The van der Waals surface area contributed by atoms with Crippen molar-refractivity contribution in [3.63, 3.8) is 0 Å². The smallest absolute Gasteiger partial charge is 0.193 e. The first kappa shape index (κ1) is 17.8. The summed E-state index contributed by atoms with van der Waals surface area (Å²) in [5, 5.41) is 3.30. The number of ether oxygens (including phenoxy) is 1. The Bertz CT molecular complexity index is 799. The summed E-state index contributed by atoms with van der Waals surface area (Å²) < 4.78 is 19.3. The van der Waals surface area contributed by atoms with Crippen LogP contribution in [0.2, 0.25) is 0 Å². The van der Waals surface area contributed by atoms with Gasteiger partial charge >= 0.3 is 0 Å². The molecule has 5 heteroatoms. The molecule has 2 aromatic rings. The maximum atomic E-state index is 13.6. The van der Waals surface area contributed by atoms with Gasteiger partial charge in [0, 0.05) is 34.6 Å². The van der Waals surface area contributed by atoms with Crippen LogP contribution in [0.25, 0.3) is 9.81 Å². The molecule has 134 valence electrons. The minimum atomic E-state index is -2.78. The van der Waals surface area contributed by atoms with E-state index in [1.807, 2.05) is 48.0 Å². The lowest BCUT2D eigenvalue weighted by Crippen LogP contribution is -2.23. The van der Waals surface area contributed by atoms with Crippen molar-refractivity contribution in [1.29, 1.82) is 0 Å². The third-order valence-corrected chi connectivity index (χ3v) is 8.00. The molecule has 1 atom stereocenters. The Morgan fingerprint density at radius 2 is 1.54 bits per heavy atom. The van der Waals surface area contributed by atoms with Crippen molar-refractivity contribution in [3.05, 3.63) is 83.4 Å². The van der Waals surface area contributed by atoms with E-state index in [0.717, 1.165) is 40.4 Å². The second-order valence-electron chi connectivity index (χ2n) is 6.53. The van der Waals surface area contributed by atoms with Crippen LogP contribution >= 0.6 is 19.1 Å². The van der Waals surface area contributed by atoms with Gasteiger partial charge in [0.05, 0.1) is 6.10 Å². The van der Waals surface area contributed by atoms with Crippen molar-refractivity contribution in [1.82, 2.24) is 5.09 Å². The maximum absolute atomic E-state index is 13.6. The quantitative estimate of drug-likeness (QED) is 0.665. The molecule has 26 heavy (non-hydrogen) atoms. The monoisotopic (exact) mass is 383 g/mol. The summed E-state index contributed by atoms with van der Waals surface area (Å²) in [5.74, 6) is 3.82. The van der Waals surface area contributed by atoms with Crippen molar-refractivity contribution in [2.45, 2.75) is 18.9 Å². The lowest BCUT2D eigenvalue weighted by molar-refractivity contribution is 0.114. The SMILES string of the molecule is O=P1(NC[C@@H]2CCCO2)C=C(c2ccccc2)SC(c2ccccc2)=C1. The molecule has 0 spiro atoms. The highest BCUT2D eigenvalue weighted by molar-refractivity contribution is 8.17. The topological polar surface area (TPSA) is 38.3 Å². The Morgan fingerprint density at radius 3 is 2.04 bits per heavy atom. The van der Waals surface area contributed by atoms with E-state index in [-0.39, 0.29) is 6.10 Å². The van der Waals surface area contributed by atoms with Crippen LogP contribution < -0.4 is 5.09 Å². The molecular weight excluding hydrogens is 361 g/mol. The highest BCUT2D eigenvalue weighted by Crippen LogP contribution is 2.58. The molecule has 0 amide bonds. The summed E-state index contributed by atoms with van der Waals surface area (Å²) >= 11 is 1.68. The standard InChI is InChI=1S/C21H22NO2PS/c23-25(22-14-19-12-7-13-24-19)15-20(17-8-3-1-4-9-17)26-21(16-25)18-10-5-2-6-11-18/h1-6,8-11,15-16,19H,7,12-14H2,(H,22,23)/t19-/m0/s1. The van der Waals surface area contributed by atoms with Gasteiger partial charge in [-0.1, -0.05) is 72.4 Å². The molecule has 1 saturated heterocycles. The van der Waals surface area contributed by atoms with Crippen LogP contribution in [-0.4, -0.2) is 19.3 Å². The van der Waals surface area contributed by atoms with E-state index in [0.29, 0.717) is 6.54 Å². The number of hydrogen-bond acceptors (Lipinski definition) is 3. The number of rotatable bonds is 5. The maximum Gasteiger partial charge on any atom is 0.193 e. The average Bonchev–Trinajstić information content (AvgIpc) is 3.21. The highest BCUT2D eigenvalue weighted by Gasteiger charge is 2.27. The fourth-order valence-corrected chi connectivity index (χ4v) is 7.02. The van der Waals surface area contributed by atoms with Gasteiger partial charge in [-0.25, -0.2) is 0 Å². The van der Waals surface area contributed by atoms with Crippen LogP contribution in [0.5, 0.6) is 0 Å². The minimum absolute atomic E-state index is 0.164. The molecule has 0 radical (unpaired) electrons. The molecule has 2 aliphatic heterocycles. The molecule has 2 aliphatic rings. The van der Waals surface area contributed by atoms with Gasteiger partial charge in [-0.3, -0.25) is 9.65 Å². The van der Waals surface area contributed by atoms with Gasteiger partial charge in [0.1, 0.15) is 0 Å². The zero-order valence-electron chi connectivity index (χ0n) is 14.5. The zero-order valence-corrected chi connectivity index (χ0v) is 16.2. The number of nitrogens with one attached hydrogen (secondary N) is 1. The summed E-state index contributed by atoms with van der Waals surface area (Å²) in [6.45, 7) is 1.43. The van der Waals surface area contributed by atoms with Crippen LogP contribution in [-0.2, 0) is 9.30 Å². The second-order valence-corrected chi connectivity index (χ2v) is 9.86. The first-order chi connectivity index (χ1) is 12.7. The van der Waals surface area contributed by atoms with Crippen molar-refractivity contribution >= 4 is 28.9 Å². The molecule has 2 aromatic carbocycles. The first-order valence-electron chi connectivity index (χ1n) is 8.92. The van der Waals surface area contributed by atoms with Crippen molar-refractivity contribution < 1.29 is 9.30 Å². The van der Waals surface area contributed by atoms with Crippen LogP contribution in [0.1, 0.15) is 24.0 Å². The normalized spacial score (nSPS) is 21.9. The van der Waals surface area contributed by atoms with E-state index in [2.05, 4.69) is 29.4 Å². The largest absolute Gasteiger partial charge is 0.377 e. The van der Waals surface area contributed by atoms with Crippen LogP contribution in [0.4, 0.5) is 0 Å². The number of hydrogen-bond donors (Lipinski definition) is 1. The Morgan fingerprint density at radius 1 is 0.962 bits per heavy atom. The summed E-state index contributed by atoms with van der Waals surface area (Å²) in [6.07, 6.45) is 2.28. The van der Waals surface area contributed by atoms with E-state index in [1.165, 1.54) is 0 Å². The zero-order chi connectivity index (χ0) is 17.8. The van der Waals surface area contributed by atoms with Gasteiger partial charge in [-0.15, -0.1) is 0 Å². The molecule has 0 aliphatic carbocycles. The Balaban J connectivity index is 1.65. The van der Waals surface area contributed by atoms with E-state index in [1.54, 1.807) is 11.8 Å². The summed E-state index contributed by atoms with van der Waals surface area (Å²) in [6, 6.07) is 20.3. The van der Waals surface area contributed by atoms with Gasteiger partial charge < -0.3 is 4.74 Å². The van der Waals surface area contributed by atoms with E-state index in [9.17, 15) is 4.57 Å². The lowest BCUT2D eigenvalue weighted by Gasteiger charge is -2.23. The predicted molar refractivity (Wildman–Crippen MR) is 111 cm³/mol. The molecule has 3 nitrogen and oxygen atoms in total. The molecule has 4 rings (SSSR count). The average molecular weight is 383 g/mol. The second kappa shape index (κ2) is 7.98. The van der Waals surface area contributed by atoms with E-state index >= 15 is 0 Å². The number of thioether (sulfide) groups is 1. The van der Waals surface area contributed by atoms with Crippen LogP contribution in [0, 0.1) is 0 Å². The molecular formula is C21H22NO2PS. The predicted octanol–water partition coefficient (Wildman–Crippen LogP) is 5.78. The lowest BCUT2D eigenvalue weighted by atomic mass is 10.2. The van der Waals surface area contributed by atoms with Gasteiger partial charge in [-0.2, -0.15) is 0 Å². The van der Waals surface area contributed by atoms with Crippen molar-refractivity contribution in [3.8, 4) is 0 Å². The molecule has 0 saturated carbocycles.